The SMILES string of the molecule is c1ccc(N(c2ccccc2)c2cc3c4c(c2)Oc2nc5c(cc2B4c2ccccc2O3)B2c3ccccc3Oc3cc(N(c4ccccc4)c4ccccc4)cc(c32)O5)cc1. The lowest BCUT2D eigenvalue weighted by molar-refractivity contribution is 0.425. The summed E-state index contributed by atoms with van der Waals surface area (Å²) in [6.07, 6.45) is 0. The summed E-state index contributed by atoms with van der Waals surface area (Å²) in [5.74, 6) is 5.48. The van der Waals surface area contributed by atoms with Crippen molar-refractivity contribution >= 4 is 80.3 Å². The Morgan fingerprint density at radius 1 is 0.290 bits per heavy atom. The number of fused-ring (bicyclic) bond motifs is 8. The Balaban J connectivity index is 0.997. The summed E-state index contributed by atoms with van der Waals surface area (Å²) in [6, 6.07) is 68.8. The number of hydrogen-bond acceptors (Lipinski definition) is 7. The summed E-state index contributed by atoms with van der Waals surface area (Å²) < 4.78 is 27.6. The highest BCUT2D eigenvalue weighted by Gasteiger charge is 2.46. The average Bonchev–Trinajstić information content (AvgIpc) is 3.32. The Labute approximate surface area is 359 Å². The first-order valence-electron chi connectivity index (χ1n) is 20.8. The van der Waals surface area contributed by atoms with Gasteiger partial charge in [0.05, 0.1) is 11.4 Å². The molecule has 9 heteroatoms. The Kier molecular flexibility index (Phi) is 7.66. The van der Waals surface area contributed by atoms with Crippen molar-refractivity contribution in [3.63, 3.8) is 0 Å². The molecule has 290 valence electrons. The quantitative estimate of drug-likeness (QED) is 0.156. The summed E-state index contributed by atoms with van der Waals surface area (Å²) >= 11 is 0. The second-order valence-electron chi connectivity index (χ2n) is 15.9. The van der Waals surface area contributed by atoms with Gasteiger partial charge in [0.15, 0.2) is 0 Å². The van der Waals surface area contributed by atoms with Gasteiger partial charge in [-0.25, -0.2) is 0 Å². The van der Waals surface area contributed by atoms with E-state index >= 15 is 0 Å². The van der Waals surface area contributed by atoms with E-state index < -0.39 is 0 Å². The maximum atomic E-state index is 6.98. The minimum absolute atomic E-state index is 0.203. The summed E-state index contributed by atoms with van der Waals surface area (Å²) in [6.45, 7) is -0.405. The highest BCUT2D eigenvalue weighted by atomic mass is 16.5. The van der Waals surface area contributed by atoms with E-state index in [0.717, 1.165) is 89.9 Å². The third-order valence-electron chi connectivity index (χ3n) is 12.3. The zero-order valence-electron chi connectivity index (χ0n) is 33.2. The third-order valence-corrected chi connectivity index (χ3v) is 12.3. The molecule has 1 aromatic heterocycles. The highest BCUT2D eigenvalue weighted by Crippen LogP contribution is 2.45. The Hall–Kier alpha value is -8.16. The van der Waals surface area contributed by atoms with Crippen molar-refractivity contribution < 1.29 is 18.9 Å². The van der Waals surface area contributed by atoms with Crippen LogP contribution in [0, 0.1) is 0 Å². The van der Waals surface area contributed by atoms with Crippen LogP contribution >= 0.6 is 0 Å². The number of nitrogens with zero attached hydrogens (tertiary/aromatic N) is 3. The summed E-state index contributed by atoms with van der Waals surface area (Å²) in [5.41, 5.74) is 11.8. The number of benzene rings is 8. The van der Waals surface area contributed by atoms with Gasteiger partial charge < -0.3 is 28.7 Å². The van der Waals surface area contributed by atoms with Crippen LogP contribution in [0.3, 0.4) is 0 Å². The van der Waals surface area contributed by atoms with E-state index in [-0.39, 0.29) is 13.4 Å². The van der Waals surface area contributed by atoms with Crippen LogP contribution in [0.25, 0.3) is 0 Å². The predicted molar refractivity (Wildman–Crippen MR) is 249 cm³/mol. The molecule has 4 aliphatic rings. The normalized spacial score (nSPS) is 13.0. The van der Waals surface area contributed by atoms with Crippen LogP contribution in [-0.2, 0) is 0 Å². The fraction of sp³-hybridized carbons (Fsp3) is 0. The van der Waals surface area contributed by atoms with Crippen LogP contribution in [-0.4, -0.2) is 18.4 Å². The minimum atomic E-state index is -0.203. The predicted octanol–water partition coefficient (Wildman–Crippen LogP) is 9.48. The lowest BCUT2D eigenvalue weighted by atomic mass is 9.32. The van der Waals surface area contributed by atoms with Crippen LogP contribution in [0.2, 0.25) is 0 Å². The van der Waals surface area contributed by atoms with Gasteiger partial charge in [0, 0.05) is 57.9 Å². The number of hydrogen-bond donors (Lipinski definition) is 0. The molecule has 9 aromatic rings. The maximum absolute atomic E-state index is 6.98. The number of anilines is 6. The van der Waals surface area contributed by atoms with Crippen molar-refractivity contribution in [1.29, 1.82) is 0 Å². The van der Waals surface area contributed by atoms with E-state index in [1.807, 2.05) is 48.5 Å². The lowest BCUT2D eigenvalue weighted by Gasteiger charge is -2.37. The first-order chi connectivity index (χ1) is 30.7. The molecule has 0 spiro atoms. The molecule has 0 radical (unpaired) electrons. The fourth-order valence-corrected chi connectivity index (χ4v) is 9.66. The van der Waals surface area contributed by atoms with Gasteiger partial charge in [-0.3, -0.25) is 0 Å². The monoisotopic (exact) mass is 797 g/mol. The van der Waals surface area contributed by atoms with Crippen molar-refractivity contribution in [2.24, 2.45) is 0 Å². The molecule has 0 amide bonds. The van der Waals surface area contributed by atoms with Gasteiger partial charge in [-0.2, -0.15) is 4.98 Å². The smallest absolute Gasteiger partial charge is 0.262 e. The molecule has 0 saturated carbocycles. The van der Waals surface area contributed by atoms with Gasteiger partial charge >= 0.3 is 0 Å². The second-order valence-corrected chi connectivity index (χ2v) is 15.9. The molecule has 0 N–H and O–H groups in total. The fourth-order valence-electron chi connectivity index (χ4n) is 9.66. The Morgan fingerprint density at radius 2 is 0.613 bits per heavy atom. The topological polar surface area (TPSA) is 56.3 Å². The molecule has 0 bridgehead atoms. The number of rotatable bonds is 6. The van der Waals surface area contributed by atoms with Crippen LogP contribution in [0.15, 0.2) is 200 Å². The summed E-state index contributed by atoms with van der Waals surface area (Å²) in [4.78, 5) is 9.78. The molecule has 0 aliphatic carbocycles. The molecule has 5 heterocycles. The highest BCUT2D eigenvalue weighted by molar-refractivity contribution is 7.00. The van der Waals surface area contributed by atoms with Gasteiger partial charge in [0.1, 0.15) is 34.5 Å². The van der Waals surface area contributed by atoms with E-state index in [0.29, 0.717) is 23.3 Å². The molecule has 0 fully saturated rings. The molecular weight excluding hydrogens is 764 g/mol. The molecule has 4 aliphatic heterocycles. The zero-order chi connectivity index (χ0) is 40.7. The molecule has 13 rings (SSSR count). The maximum Gasteiger partial charge on any atom is 0.262 e. The van der Waals surface area contributed by atoms with E-state index in [1.165, 1.54) is 0 Å². The summed E-state index contributed by atoms with van der Waals surface area (Å²) in [7, 11) is 0. The first kappa shape index (κ1) is 34.7. The molecule has 0 unspecified atom stereocenters. The van der Waals surface area contributed by atoms with Crippen molar-refractivity contribution in [3.05, 3.63) is 200 Å². The molecule has 7 nitrogen and oxygen atoms in total. The molecular formula is C53H33B2N3O4. The molecule has 62 heavy (non-hydrogen) atoms. The largest absolute Gasteiger partial charge is 0.458 e. The van der Waals surface area contributed by atoms with Crippen LogP contribution in [0.5, 0.6) is 46.3 Å². The van der Waals surface area contributed by atoms with Gasteiger partial charge in [0.2, 0.25) is 11.8 Å². The van der Waals surface area contributed by atoms with Crippen LogP contribution in [0.4, 0.5) is 34.1 Å². The van der Waals surface area contributed by atoms with Crippen molar-refractivity contribution in [1.82, 2.24) is 4.98 Å². The van der Waals surface area contributed by atoms with E-state index in [9.17, 15) is 0 Å². The van der Waals surface area contributed by atoms with Gasteiger partial charge in [-0.15, -0.1) is 0 Å². The van der Waals surface area contributed by atoms with Crippen LogP contribution in [0.1, 0.15) is 0 Å². The van der Waals surface area contributed by atoms with Crippen LogP contribution < -0.4 is 61.5 Å². The number of pyridine rings is 1. The zero-order valence-corrected chi connectivity index (χ0v) is 33.2. The third kappa shape index (κ3) is 5.38. The van der Waals surface area contributed by atoms with Gasteiger partial charge in [0.25, 0.3) is 13.4 Å². The van der Waals surface area contributed by atoms with Crippen molar-refractivity contribution in [2.45, 2.75) is 0 Å². The lowest BCUT2D eigenvalue weighted by Crippen LogP contribution is -2.62. The number of para-hydroxylation sites is 6. The number of ether oxygens (including phenoxy) is 4. The Bertz CT molecular complexity index is 2940. The van der Waals surface area contributed by atoms with Crippen molar-refractivity contribution in [2.75, 3.05) is 9.80 Å². The second kappa shape index (κ2) is 13.7. The van der Waals surface area contributed by atoms with Gasteiger partial charge in [-0.05, 0) is 82.5 Å². The van der Waals surface area contributed by atoms with E-state index in [1.54, 1.807) is 0 Å². The van der Waals surface area contributed by atoms with Crippen molar-refractivity contribution in [3.8, 4) is 46.3 Å². The van der Waals surface area contributed by atoms with E-state index in [2.05, 4.69) is 161 Å². The standard InChI is InChI=1S/C53H33B2N3O4/c1-5-17-34(18-6-1)57(35-19-7-2-8-20-35)38-29-46-50-48(31-38)61-52-42(54(50)40-25-13-15-27-44(40)59-46)33-43-53(56-52)62-49-32-39(30-47-51(49)55(43)41-26-14-16-28-45(41)60-47)58(36-21-9-3-10-22-36)37-23-11-4-12-24-37/h1-33H. The number of aromatic nitrogens is 1. The Morgan fingerprint density at radius 3 is 0.984 bits per heavy atom. The molecule has 0 saturated heterocycles. The first-order valence-corrected chi connectivity index (χ1v) is 20.8. The summed E-state index contributed by atoms with van der Waals surface area (Å²) in [5, 5.41) is 0. The molecule has 8 aromatic carbocycles. The van der Waals surface area contributed by atoms with E-state index in [4.69, 9.17) is 23.9 Å². The average molecular weight is 797 g/mol. The molecule has 0 atom stereocenters. The minimum Gasteiger partial charge on any atom is -0.458 e. The van der Waals surface area contributed by atoms with Gasteiger partial charge in [-0.1, -0.05) is 115 Å².